The number of amides is 2. The van der Waals surface area contributed by atoms with E-state index in [9.17, 15) is 9.59 Å². The van der Waals surface area contributed by atoms with Crippen LogP contribution in [0.1, 0.15) is 36.5 Å². The van der Waals surface area contributed by atoms with Gasteiger partial charge in [0.1, 0.15) is 5.75 Å². The molecule has 4 rings (SSSR count). The predicted octanol–water partition coefficient (Wildman–Crippen LogP) is 4.67. The molecule has 0 spiro atoms. The molecule has 2 amide bonds. The lowest BCUT2D eigenvalue weighted by atomic mass is 10.0. The van der Waals surface area contributed by atoms with Gasteiger partial charge in [-0.15, -0.1) is 0 Å². The largest absolute Gasteiger partial charge is 0.495 e. The van der Waals surface area contributed by atoms with Gasteiger partial charge in [-0.1, -0.05) is 30.7 Å². The summed E-state index contributed by atoms with van der Waals surface area (Å²) in [4.78, 5) is 33.7. The molecular weight excluding hydrogens is 428 g/mol. The predicted molar refractivity (Wildman–Crippen MR) is 137 cm³/mol. The minimum atomic E-state index is -0.243. The number of rotatable bonds is 7. The van der Waals surface area contributed by atoms with Crippen molar-refractivity contribution in [1.29, 1.82) is 0 Å². The number of fused-ring (bicyclic) bond motifs is 1. The molecule has 2 N–H and O–H groups in total. The molecular formula is C27H34N4O3. The van der Waals surface area contributed by atoms with Crippen LogP contribution in [0, 0.1) is 13.8 Å². The zero-order valence-electron chi connectivity index (χ0n) is 20.5. The highest BCUT2D eigenvalue weighted by Gasteiger charge is 2.28. The van der Waals surface area contributed by atoms with Crippen LogP contribution in [0.4, 0.5) is 10.5 Å². The van der Waals surface area contributed by atoms with E-state index in [2.05, 4.69) is 34.3 Å². The topological polar surface area (TPSA) is 77.7 Å². The van der Waals surface area contributed by atoms with Crippen LogP contribution in [0.5, 0.6) is 5.75 Å². The van der Waals surface area contributed by atoms with Gasteiger partial charge in [0.15, 0.2) is 0 Å². The van der Waals surface area contributed by atoms with E-state index in [0.29, 0.717) is 23.5 Å². The van der Waals surface area contributed by atoms with Crippen molar-refractivity contribution in [3.05, 3.63) is 69.5 Å². The van der Waals surface area contributed by atoms with Crippen molar-refractivity contribution in [2.24, 2.45) is 0 Å². The maximum Gasteiger partial charge on any atom is 0.322 e. The first-order valence-corrected chi connectivity index (χ1v) is 12.0. The number of benzene rings is 2. The SMILES string of the molecule is CCN1CCC[C@@H]1CN(Cc1cc2cc(C)cc(C)c2[nH]c1=O)C(=O)Nc1ccccc1OC. The van der Waals surface area contributed by atoms with Gasteiger partial charge in [-0.05, 0) is 75.0 Å². The van der Waals surface area contributed by atoms with Crippen LogP contribution in [0.25, 0.3) is 10.9 Å². The Kier molecular flexibility index (Phi) is 7.22. The van der Waals surface area contributed by atoms with Crippen LogP contribution >= 0.6 is 0 Å². The fourth-order valence-electron chi connectivity index (χ4n) is 4.99. The summed E-state index contributed by atoms with van der Waals surface area (Å²) >= 11 is 0. The molecule has 0 aliphatic carbocycles. The summed E-state index contributed by atoms with van der Waals surface area (Å²) in [6.07, 6.45) is 2.16. The monoisotopic (exact) mass is 462 g/mol. The van der Waals surface area contributed by atoms with E-state index in [4.69, 9.17) is 4.74 Å². The van der Waals surface area contributed by atoms with Crippen molar-refractivity contribution in [3.8, 4) is 5.75 Å². The minimum absolute atomic E-state index is 0.159. The number of para-hydroxylation sites is 2. The van der Waals surface area contributed by atoms with Gasteiger partial charge in [-0.3, -0.25) is 9.69 Å². The molecule has 0 unspecified atom stereocenters. The summed E-state index contributed by atoms with van der Waals surface area (Å²) in [5.74, 6) is 0.598. The van der Waals surface area contributed by atoms with Gasteiger partial charge in [-0.2, -0.15) is 0 Å². The van der Waals surface area contributed by atoms with Crippen LogP contribution < -0.4 is 15.6 Å². The van der Waals surface area contributed by atoms with Crippen molar-refractivity contribution in [2.45, 2.75) is 46.2 Å². The molecule has 7 nitrogen and oxygen atoms in total. The molecule has 2 aromatic carbocycles. The van der Waals surface area contributed by atoms with E-state index in [1.165, 1.54) is 0 Å². The fraction of sp³-hybridized carbons (Fsp3) is 0.407. The fourth-order valence-corrected chi connectivity index (χ4v) is 4.99. The third-order valence-electron chi connectivity index (χ3n) is 6.70. The standard InChI is InChI=1S/C27H34N4O3/c1-5-30-12-8-9-22(30)17-31(27(33)28-23-10-6-7-11-24(23)34-4)16-21-15-20-14-18(2)13-19(3)25(20)29-26(21)32/h6-7,10-11,13-15,22H,5,8-9,12,16-17H2,1-4H3,(H,28,33)(H,29,32)/t22-/m1/s1. The molecule has 0 bridgehead atoms. The van der Waals surface area contributed by atoms with Gasteiger partial charge in [-0.25, -0.2) is 4.79 Å². The van der Waals surface area contributed by atoms with Gasteiger partial charge in [0.2, 0.25) is 0 Å². The number of aryl methyl sites for hydroxylation is 2. The number of hydrogen-bond donors (Lipinski definition) is 2. The lowest BCUT2D eigenvalue weighted by Crippen LogP contribution is -2.45. The number of ether oxygens (including phenoxy) is 1. The lowest BCUT2D eigenvalue weighted by Gasteiger charge is -2.30. The summed E-state index contributed by atoms with van der Waals surface area (Å²) in [5, 5.41) is 3.97. The molecule has 1 atom stereocenters. The minimum Gasteiger partial charge on any atom is -0.495 e. The molecule has 7 heteroatoms. The van der Waals surface area contributed by atoms with Gasteiger partial charge >= 0.3 is 6.03 Å². The highest BCUT2D eigenvalue weighted by atomic mass is 16.5. The van der Waals surface area contributed by atoms with Gasteiger partial charge in [0.05, 0.1) is 24.9 Å². The Morgan fingerprint density at radius 2 is 2.03 bits per heavy atom. The Morgan fingerprint density at radius 3 is 2.79 bits per heavy atom. The van der Waals surface area contributed by atoms with E-state index in [-0.39, 0.29) is 24.2 Å². The number of hydrogen-bond acceptors (Lipinski definition) is 4. The van der Waals surface area contributed by atoms with Crippen molar-refractivity contribution in [2.75, 3.05) is 32.1 Å². The Morgan fingerprint density at radius 1 is 1.24 bits per heavy atom. The highest BCUT2D eigenvalue weighted by Crippen LogP contribution is 2.25. The molecule has 180 valence electrons. The number of methoxy groups -OCH3 is 1. The smallest absolute Gasteiger partial charge is 0.322 e. The molecule has 1 aromatic heterocycles. The molecule has 2 heterocycles. The van der Waals surface area contributed by atoms with Crippen molar-refractivity contribution in [1.82, 2.24) is 14.8 Å². The molecule has 1 aliphatic rings. The van der Waals surface area contributed by atoms with Gasteiger partial charge in [0, 0.05) is 18.2 Å². The van der Waals surface area contributed by atoms with E-state index in [0.717, 1.165) is 48.0 Å². The third-order valence-corrected chi connectivity index (χ3v) is 6.70. The number of aromatic nitrogens is 1. The molecule has 0 radical (unpaired) electrons. The number of urea groups is 1. The van der Waals surface area contributed by atoms with E-state index in [1.807, 2.05) is 44.2 Å². The normalized spacial score (nSPS) is 16.1. The van der Waals surface area contributed by atoms with Gasteiger partial charge < -0.3 is 19.9 Å². The summed E-state index contributed by atoms with van der Waals surface area (Å²) in [6.45, 7) is 8.96. The second kappa shape index (κ2) is 10.3. The van der Waals surface area contributed by atoms with Gasteiger partial charge in [0.25, 0.3) is 5.56 Å². The summed E-state index contributed by atoms with van der Waals surface area (Å²) in [6, 6.07) is 13.4. The molecule has 1 aliphatic heterocycles. The summed E-state index contributed by atoms with van der Waals surface area (Å²) < 4.78 is 5.41. The molecule has 1 saturated heterocycles. The van der Waals surface area contributed by atoms with Crippen LogP contribution in [0.15, 0.2) is 47.3 Å². The summed E-state index contributed by atoms with van der Waals surface area (Å²) in [7, 11) is 1.58. The second-order valence-electron chi connectivity index (χ2n) is 9.11. The lowest BCUT2D eigenvalue weighted by molar-refractivity contribution is 0.174. The van der Waals surface area contributed by atoms with Crippen LogP contribution in [-0.2, 0) is 6.54 Å². The summed E-state index contributed by atoms with van der Waals surface area (Å²) in [5.41, 5.74) is 4.05. The van der Waals surface area contributed by atoms with Crippen LogP contribution in [0.2, 0.25) is 0 Å². The first-order valence-electron chi connectivity index (χ1n) is 12.0. The highest BCUT2D eigenvalue weighted by molar-refractivity contribution is 5.91. The van der Waals surface area contributed by atoms with E-state index >= 15 is 0 Å². The first kappa shape index (κ1) is 23.8. The number of pyridine rings is 1. The van der Waals surface area contributed by atoms with E-state index in [1.54, 1.807) is 12.0 Å². The number of nitrogens with zero attached hydrogens (tertiary/aromatic N) is 2. The Balaban J connectivity index is 1.66. The Hall–Kier alpha value is -3.32. The Labute approximate surface area is 200 Å². The first-order chi connectivity index (χ1) is 16.4. The average molecular weight is 463 g/mol. The number of H-pyrrole nitrogens is 1. The molecule has 1 fully saturated rings. The molecule has 3 aromatic rings. The number of carbonyl (C=O) groups is 1. The molecule has 0 saturated carbocycles. The maximum absolute atomic E-state index is 13.5. The number of anilines is 1. The average Bonchev–Trinajstić information content (AvgIpc) is 3.27. The number of likely N-dealkylation sites (tertiary alicyclic amines) is 1. The Bertz CT molecular complexity index is 1240. The quantitative estimate of drug-likeness (QED) is 0.535. The number of aromatic amines is 1. The molecule has 34 heavy (non-hydrogen) atoms. The van der Waals surface area contributed by atoms with E-state index < -0.39 is 0 Å². The maximum atomic E-state index is 13.5. The zero-order valence-corrected chi connectivity index (χ0v) is 20.5. The third kappa shape index (κ3) is 5.09. The number of carbonyl (C=O) groups excluding carboxylic acids is 1. The van der Waals surface area contributed by atoms with Crippen LogP contribution in [-0.4, -0.2) is 53.6 Å². The second-order valence-corrected chi connectivity index (χ2v) is 9.11. The van der Waals surface area contributed by atoms with Crippen LogP contribution in [0.3, 0.4) is 0 Å². The van der Waals surface area contributed by atoms with Crippen molar-refractivity contribution >= 4 is 22.6 Å². The van der Waals surface area contributed by atoms with Crippen molar-refractivity contribution < 1.29 is 9.53 Å². The number of likely N-dealkylation sites (N-methyl/N-ethyl adjacent to an activating group) is 1. The number of nitrogens with one attached hydrogen (secondary N) is 2. The zero-order chi connectivity index (χ0) is 24.2. The van der Waals surface area contributed by atoms with Crippen molar-refractivity contribution in [3.63, 3.8) is 0 Å².